The fourth-order valence-corrected chi connectivity index (χ4v) is 2.10. The summed E-state index contributed by atoms with van der Waals surface area (Å²) in [7, 11) is 1.93. The molecule has 0 radical (unpaired) electrons. The molecule has 0 aliphatic rings. The maximum Gasteiger partial charge on any atom is 0.124 e. The Morgan fingerprint density at radius 1 is 1.50 bits per heavy atom. The molecule has 0 saturated heterocycles. The molecular formula is C10H13N3S. The number of nitrogens with one attached hydrogen (secondary N) is 1. The molecule has 0 fully saturated rings. The molecular weight excluding hydrogens is 194 g/mol. The average Bonchev–Trinajstić information content (AvgIpc) is 2.77. The summed E-state index contributed by atoms with van der Waals surface area (Å²) in [4.78, 5) is 0. The number of nitrogens with zero attached hydrogens (tertiary/aromatic N) is 2. The summed E-state index contributed by atoms with van der Waals surface area (Å²) in [5.41, 5.74) is 1.32. The van der Waals surface area contributed by atoms with E-state index < -0.39 is 0 Å². The van der Waals surface area contributed by atoms with Gasteiger partial charge in [-0.3, -0.25) is 4.68 Å². The van der Waals surface area contributed by atoms with Crippen molar-refractivity contribution in [3.8, 4) is 0 Å². The molecule has 1 atom stereocenters. The molecule has 2 heterocycles. The third-order valence-corrected chi connectivity index (χ3v) is 2.93. The van der Waals surface area contributed by atoms with Gasteiger partial charge in [-0.05, 0) is 29.3 Å². The van der Waals surface area contributed by atoms with Crippen LogP contribution < -0.4 is 5.32 Å². The largest absolute Gasteiger partial charge is 0.364 e. The maximum atomic E-state index is 4.11. The Bertz CT molecular complexity index is 391. The highest BCUT2D eigenvalue weighted by atomic mass is 32.1. The monoisotopic (exact) mass is 207 g/mol. The van der Waals surface area contributed by atoms with Crippen molar-refractivity contribution in [3.63, 3.8) is 0 Å². The van der Waals surface area contributed by atoms with Gasteiger partial charge in [-0.2, -0.15) is 16.4 Å². The zero-order valence-corrected chi connectivity index (χ0v) is 9.08. The first-order chi connectivity index (χ1) is 6.77. The van der Waals surface area contributed by atoms with E-state index >= 15 is 0 Å². The van der Waals surface area contributed by atoms with E-state index in [0.29, 0.717) is 6.04 Å². The minimum absolute atomic E-state index is 0.330. The van der Waals surface area contributed by atoms with Gasteiger partial charge in [0.25, 0.3) is 0 Å². The molecule has 1 unspecified atom stereocenters. The normalized spacial score (nSPS) is 12.7. The van der Waals surface area contributed by atoms with Crippen molar-refractivity contribution in [3.05, 3.63) is 34.7 Å². The van der Waals surface area contributed by atoms with Crippen LogP contribution in [-0.2, 0) is 7.05 Å². The Labute approximate surface area is 87.4 Å². The molecule has 0 saturated carbocycles. The lowest BCUT2D eigenvalue weighted by Gasteiger charge is -2.13. The van der Waals surface area contributed by atoms with Crippen LogP contribution in [0.15, 0.2) is 29.1 Å². The Hall–Kier alpha value is -1.29. The number of aromatic nitrogens is 2. The third-order valence-electron chi connectivity index (χ3n) is 2.23. The molecule has 2 aromatic rings. The van der Waals surface area contributed by atoms with Crippen molar-refractivity contribution in [2.45, 2.75) is 13.0 Å². The first kappa shape index (κ1) is 9.27. The molecule has 14 heavy (non-hydrogen) atoms. The van der Waals surface area contributed by atoms with E-state index in [1.807, 2.05) is 17.8 Å². The Kier molecular flexibility index (Phi) is 2.54. The van der Waals surface area contributed by atoms with Crippen LogP contribution in [0.3, 0.4) is 0 Å². The molecule has 0 amide bonds. The summed E-state index contributed by atoms with van der Waals surface area (Å²) in [5.74, 6) is 1.05. The van der Waals surface area contributed by atoms with Crippen molar-refractivity contribution >= 4 is 17.2 Å². The van der Waals surface area contributed by atoms with Gasteiger partial charge in [0.15, 0.2) is 0 Å². The van der Waals surface area contributed by atoms with Gasteiger partial charge in [-0.1, -0.05) is 0 Å². The molecule has 0 spiro atoms. The minimum atomic E-state index is 0.330. The van der Waals surface area contributed by atoms with Gasteiger partial charge in [0.2, 0.25) is 0 Å². The molecule has 1 N–H and O–H groups in total. The summed E-state index contributed by atoms with van der Waals surface area (Å²) >= 11 is 1.72. The van der Waals surface area contributed by atoms with E-state index in [-0.39, 0.29) is 0 Å². The highest BCUT2D eigenvalue weighted by Crippen LogP contribution is 2.20. The lowest BCUT2D eigenvalue weighted by Crippen LogP contribution is -2.09. The van der Waals surface area contributed by atoms with Crippen molar-refractivity contribution in [2.75, 3.05) is 5.32 Å². The Morgan fingerprint density at radius 2 is 2.36 bits per heavy atom. The van der Waals surface area contributed by atoms with Crippen LogP contribution in [0, 0.1) is 0 Å². The van der Waals surface area contributed by atoms with Crippen molar-refractivity contribution < 1.29 is 0 Å². The van der Waals surface area contributed by atoms with Crippen molar-refractivity contribution in [1.82, 2.24) is 9.78 Å². The lowest BCUT2D eigenvalue weighted by atomic mass is 10.2. The molecule has 3 nitrogen and oxygen atoms in total. The van der Waals surface area contributed by atoms with E-state index in [0.717, 1.165) is 5.82 Å². The second kappa shape index (κ2) is 3.84. The van der Waals surface area contributed by atoms with Gasteiger partial charge in [-0.15, -0.1) is 0 Å². The smallest absolute Gasteiger partial charge is 0.124 e. The van der Waals surface area contributed by atoms with E-state index in [1.54, 1.807) is 17.5 Å². The molecule has 4 heteroatoms. The molecule has 0 aliphatic heterocycles. The predicted octanol–water partition coefficient (Wildman–Crippen LogP) is 2.65. The quantitative estimate of drug-likeness (QED) is 0.838. The van der Waals surface area contributed by atoms with Crippen LogP contribution in [0.25, 0.3) is 0 Å². The second-order valence-electron chi connectivity index (χ2n) is 3.26. The van der Waals surface area contributed by atoms with E-state index in [4.69, 9.17) is 0 Å². The van der Waals surface area contributed by atoms with E-state index in [1.165, 1.54) is 5.56 Å². The lowest BCUT2D eigenvalue weighted by molar-refractivity contribution is 0.751. The van der Waals surface area contributed by atoms with Crippen LogP contribution in [0.5, 0.6) is 0 Å². The van der Waals surface area contributed by atoms with E-state index in [9.17, 15) is 0 Å². The fraction of sp³-hybridized carbons (Fsp3) is 0.300. The summed E-state index contributed by atoms with van der Waals surface area (Å²) in [6, 6.07) is 4.44. The van der Waals surface area contributed by atoms with Gasteiger partial charge in [0.05, 0.1) is 12.2 Å². The molecule has 2 rings (SSSR count). The van der Waals surface area contributed by atoms with Gasteiger partial charge in [0.1, 0.15) is 5.82 Å². The van der Waals surface area contributed by atoms with Crippen LogP contribution in [0.2, 0.25) is 0 Å². The molecule has 2 aromatic heterocycles. The standard InChI is InChI=1S/C10H13N3S/c1-8(9-4-6-14-7-9)12-10-3-5-11-13(10)2/h3-8,12H,1-2H3. The third kappa shape index (κ3) is 1.80. The summed E-state index contributed by atoms with van der Waals surface area (Å²) < 4.78 is 1.84. The van der Waals surface area contributed by atoms with Gasteiger partial charge in [-0.25, -0.2) is 0 Å². The number of hydrogen-bond acceptors (Lipinski definition) is 3. The van der Waals surface area contributed by atoms with Crippen LogP contribution >= 0.6 is 11.3 Å². The highest BCUT2D eigenvalue weighted by molar-refractivity contribution is 7.07. The minimum Gasteiger partial charge on any atom is -0.364 e. The highest BCUT2D eigenvalue weighted by Gasteiger charge is 2.06. The summed E-state index contributed by atoms with van der Waals surface area (Å²) in [6.07, 6.45) is 1.79. The summed E-state index contributed by atoms with van der Waals surface area (Å²) in [6.45, 7) is 2.15. The topological polar surface area (TPSA) is 29.9 Å². The number of aryl methyl sites for hydroxylation is 1. The zero-order valence-electron chi connectivity index (χ0n) is 8.27. The van der Waals surface area contributed by atoms with Crippen LogP contribution in [0.1, 0.15) is 18.5 Å². The first-order valence-corrected chi connectivity index (χ1v) is 5.48. The Morgan fingerprint density at radius 3 is 2.93 bits per heavy atom. The van der Waals surface area contributed by atoms with Crippen LogP contribution in [0.4, 0.5) is 5.82 Å². The number of thiophene rings is 1. The molecule has 0 aliphatic carbocycles. The Balaban J connectivity index is 2.09. The first-order valence-electron chi connectivity index (χ1n) is 4.54. The van der Waals surface area contributed by atoms with Gasteiger partial charge in [0, 0.05) is 13.1 Å². The molecule has 0 aromatic carbocycles. The SMILES string of the molecule is CC(Nc1ccnn1C)c1ccsc1. The molecule has 74 valence electrons. The number of rotatable bonds is 3. The molecule has 0 bridgehead atoms. The summed E-state index contributed by atoms with van der Waals surface area (Å²) in [5, 5.41) is 11.8. The van der Waals surface area contributed by atoms with Gasteiger partial charge >= 0.3 is 0 Å². The predicted molar refractivity (Wildman–Crippen MR) is 59.6 cm³/mol. The van der Waals surface area contributed by atoms with Gasteiger partial charge < -0.3 is 5.32 Å². The average molecular weight is 207 g/mol. The van der Waals surface area contributed by atoms with Crippen molar-refractivity contribution in [2.24, 2.45) is 7.05 Å². The van der Waals surface area contributed by atoms with Crippen molar-refractivity contribution in [1.29, 1.82) is 0 Å². The van der Waals surface area contributed by atoms with Crippen LogP contribution in [-0.4, -0.2) is 9.78 Å². The second-order valence-corrected chi connectivity index (χ2v) is 4.04. The number of anilines is 1. The number of hydrogen-bond donors (Lipinski definition) is 1. The maximum absolute atomic E-state index is 4.11. The zero-order chi connectivity index (χ0) is 9.97. The van der Waals surface area contributed by atoms with E-state index in [2.05, 4.69) is 34.2 Å². The fourth-order valence-electron chi connectivity index (χ4n) is 1.34.